The van der Waals surface area contributed by atoms with Gasteiger partial charge in [0, 0.05) is 6.42 Å². The molecule has 4 N–H and O–H groups in total. The molecule has 0 aliphatic heterocycles. The smallest absolute Gasteiger partial charge is 0.305 e. The zero-order valence-electron chi connectivity index (χ0n) is 20.2. The van der Waals surface area contributed by atoms with Crippen LogP contribution in [0, 0.1) is 0 Å². The number of rotatable bonds is 13. The Balaban J connectivity index is 1.19. The molecule has 0 aliphatic rings. The minimum atomic E-state index is -0.857. The number of aliphatic hydroxyl groups is 2. The third kappa shape index (κ3) is 6.17. The van der Waals surface area contributed by atoms with Gasteiger partial charge >= 0.3 is 5.97 Å². The van der Waals surface area contributed by atoms with E-state index in [2.05, 4.69) is 54.6 Å². The molecule has 5 heteroatoms. The molecular formula is C30H35NO4. The van der Waals surface area contributed by atoms with E-state index in [0.717, 1.165) is 25.7 Å². The highest BCUT2D eigenvalue weighted by Gasteiger charge is 2.11. The Kier molecular flexibility index (Phi) is 8.69. The minimum absolute atomic E-state index is 0.154. The second-order valence-corrected chi connectivity index (χ2v) is 9.27. The lowest BCUT2D eigenvalue weighted by molar-refractivity contribution is -0.143. The number of carbonyl (C=O) groups is 1. The number of allylic oxidation sites excluding steroid dienone is 1. The largest absolute Gasteiger partial charge is 0.466 e. The van der Waals surface area contributed by atoms with Gasteiger partial charge in [-0.3, -0.25) is 4.79 Å². The first-order valence-corrected chi connectivity index (χ1v) is 12.6. The molecule has 0 aromatic heterocycles. The average Bonchev–Trinajstić information content (AvgIpc) is 2.88. The van der Waals surface area contributed by atoms with Crippen LogP contribution < -0.4 is 5.73 Å². The lowest BCUT2D eigenvalue weighted by Gasteiger charge is -2.14. The highest BCUT2D eigenvalue weighted by Crippen LogP contribution is 2.36. The number of hydrogen-bond donors (Lipinski definition) is 3. The number of aliphatic hydroxyl groups excluding tert-OH is 2. The predicted molar refractivity (Wildman–Crippen MR) is 143 cm³/mol. The standard InChI is InChI=1S/C30H35NO4/c31-26(20-32)27(33)11-4-2-6-19-35-28(34)12-5-1-3-8-21-13-14-24-16-15-22-9-7-10-23-17-18-25(21)30(24)29(22)23/h4,7,9-11,13-18,26-27,32-33H,1-3,5-6,8,12,19-20,31H2/b11-4+/t26-,27+/m0/s1. The molecule has 4 rings (SSSR count). The molecule has 0 saturated carbocycles. The molecule has 35 heavy (non-hydrogen) atoms. The molecule has 0 heterocycles. The maximum absolute atomic E-state index is 12.0. The van der Waals surface area contributed by atoms with Crippen LogP contribution in [0.5, 0.6) is 0 Å². The zero-order valence-corrected chi connectivity index (χ0v) is 20.2. The molecule has 0 aliphatic carbocycles. The summed E-state index contributed by atoms with van der Waals surface area (Å²) in [5, 5.41) is 26.4. The molecule has 2 atom stereocenters. The molecular weight excluding hydrogens is 438 g/mol. The van der Waals surface area contributed by atoms with Crippen LogP contribution in [0.1, 0.15) is 44.1 Å². The Morgan fingerprint density at radius 3 is 2.40 bits per heavy atom. The van der Waals surface area contributed by atoms with E-state index in [0.29, 0.717) is 25.9 Å². The third-order valence-electron chi connectivity index (χ3n) is 6.71. The van der Waals surface area contributed by atoms with Gasteiger partial charge in [-0.15, -0.1) is 0 Å². The van der Waals surface area contributed by atoms with E-state index >= 15 is 0 Å². The highest BCUT2D eigenvalue weighted by atomic mass is 16.5. The Labute approximate surface area is 206 Å². The van der Waals surface area contributed by atoms with Crippen molar-refractivity contribution < 1.29 is 19.7 Å². The first-order chi connectivity index (χ1) is 17.1. The van der Waals surface area contributed by atoms with Crippen LogP contribution in [0.3, 0.4) is 0 Å². The summed E-state index contributed by atoms with van der Waals surface area (Å²) in [4.78, 5) is 12.0. The highest BCUT2D eigenvalue weighted by molar-refractivity contribution is 6.23. The SMILES string of the molecule is N[C@@H](CO)[C@H](O)/C=C/CCCOC(=O)CCCCCc1ccc2ccc3cccc4ccc1c2c34. The number of nitrogens with two attached hydrogens (primary N) is 1. The van der Waals surface area contributed by atoms with Crippen molar-refractivity contribution in [2.24, 2.45) is 5.73 Å². The summed E-state index contributed by atoms with van der Waals surface area (Å²) in [5.74, 6) is -0.154. The van der Waals surface area contributed by atoms with Crippen LogP contribution in [-0.4, -0.2) is 41.5 Å². The van der Waals surface area contributed by atoms with Gasteiger partial charge in [0.25, 0.3) is 0 Å². The summed E-state index contributed by atoms with van der Waals surface area (Å²) in [7, 11) is 0. The Hall–Kier alpha value is -2.99. The van der Waals surface area contributed by atoms with E-state index in [1.165, 1.54) is 37.9 Å². The predicted octanol–water partition coefficient (Wildman–Crippen LogP) is 5.25. The molecule has 0 bridgehead atoms. The summed E-state index contributed by atoms with van der Waals surface area (Å²) >= 11 is 0. The summed E-state index contributed by atoms with van der Waals surface area (Å²) < 4.78 is 5.31. The fourth-order valence-electron chi connectivity index (χ4n) is 4.72. The normalized spacial score (nSPS) is 13.8. The molecule has 0 amide bonds. The van der Waals surface area contributed by atoms with Gasteiger partial charge in [0.05, 0.1) is 25.4 Å². The molecule has 5 nitrogen and oxygen atoms in total. The molecule has 0 saturated heterocycles. The topological polar surface area (TPSA) is 92.8 Å². The van der Waals surface area contributed by atoms with Gasteiger partial charge in [-0.1, -0.05) is 73.2 Å². The van der Waals surface area contributed by atoms with Crippen molar-refractivity contribution in [2.75, 3.05) is 13.2 Å². The number of carbonyl (C=O) groups excluding carboxylic acids is 1. The summed E-state index contributed by atoms with van der Waals surface area (Å²) in [6.07, 6.45) is 8.19. The number of aryl methyl sites for hydroxylation is 1. The van der Waals surface area contributed by atoms with Crippen molar-refractivity contribution in [3.63, 3.8) is 0 Å². The number of hydrogen-bond acceptors (Lipinski definition) is 5. The van der Waals surface area contributed by atoms with Crippen molar-refractivity contribution in [3.05, 3.63) is 72.3 Å². The van der Waals surface area contributed by atoms with Crippen LogP contribution in [-0.2, 0) is 16.0 Å². The van der Waals surface area contributed by atoms with E-state index in [1.807, 2.05) is 0 Å². The lowest BCUT2D eigenvalue weighted by atomic mass is 9.90. The van der Waals surface area contributed by atoms with Crippen LogP contribution in [0.2, 0.25) is 0 Å². The lowest BCUT2D eigenvalue weighted by Crippen LogP contribution is -2.36. The van der Waals surface area contributed by atoms with E-state index in [4.69, 9.17) is 15.6 Å². The van der Waals surface area contributed by atoms with Gasteiger partial charge in [-0.2, -0.15) is 0 Å². The Bertz CT molecular complexity index is 1270. The first kappa shape index (κ1) is 25.1. The van der Waals surface area contributed by atoms with Crippen LogP contribution >= 0.6 is 0 Å². The number of ether oxygens (including phenoxy) is 1. The van der Waals surface area contributed by atoms with Gasteiger partial charge in [0.2, 0.25) is 0 Å². The minimum Gasteiger partial charge on any atom is -0.466 e. The number of benzene rings is 4. The first-order valence-electron chi connectivity index (χ1n) is 12.6. The van der Waals surface area contributed by atoms with Gasteiger partial charge in [0.15, 0.2) is 0 Å². The fourth-order valence-corrected chi connectivity index (χ4v) is 4.72. The van der Waals surface area contributed by atoms with Gasteiger partial charge in [-0.05, 0) is 70.0 Å². The second kappa shape index (κ2) is 12.1. The maximum atomic E-state index is 12.0. The molecule has 0 unspecified atom stereocenters. The molecule has 4 aromatic rings. The van der Waals surface area contributed by atoms with E-state index in [-0.39, 0.29) is 12.6 Å². The maximum Gasteiger partial charge on any atom is 0.305 e. The van der Waals surface area contributed by atoms with E-state index < -0.39 is 12.1 Å². The monoisotopic (exact) mass is 473 g/mol. The average molecular weight is 474 g/mol. The van der Waals surface area contributed by atoms with Gasteiger partial charge in [0.1, 0.15) is 0 Å². The van der Waals surface area contributed by atoms with Crippen molar-refractivity contribution in [3.8, 4) is 0 Å². The molecule has 0 spiro atoms. The fraction of sp³-hybridized carbons (Fsp3) is 0.367. The second-order valence-electron chi connectivity index (χ2n) is 9.27. The van der Waals surface area contributed by atoms with Gasteiger partial charge < -0.3 is 20.7 Å². The van der Waals surface area contributed by atoms with Crippen LogP contribution in [0.4, 0.5) is 0 Å². The number of unbranched alkanes of at least 4 members (excludes halogenated alkanes) is 3. The quantitative estimate of drug-likeness (QED) is 0.107. The van der Waals surface area contributed by atoms with Crippen molar-refractivity contribution >= 4 is 38.3 Å². The molecule has 4 aromatic carbocycles. The summed E-state index contributed by atoms with van der Waals surface area (Å²) in [5.41, 5.74) is 6.90. The van der Waals surface area contributed by atoms with Crippen molar-refractivity contribution in [1.82, 2.24) is 0 Å². The van der Waals surface area contributed by atoms with E-state index in [1.54, 1.807) is 12.2 Å². The summed E-state index contributed by atoms with van der Waals surface area (Å²) in [6, 6.07) is 19.2. The van der Waals surface area contributed by atoms with Crippen molar-refractivity contribution in [1.29, 1.82) is 0 Å². The Morgan fingerprint density at radius 1 is 0.914 bits per heavy atom. The number of esters is 1. The van der Waals surface area contributed by atoms with Crippen LogP contribution in [0.25, 0.3) is 32.3 Å². The van der Waals surface area contributed by atoms with E-state index in [9.17, 15) is 9.90 Å². The van der Waals surface area contributed by atoms with Crippen LogP contribution in [0.15, 0.2) is 66.7 Å². The van der Waals surface area contributed by atoms with Gasteiger partial charge in [-0.25, -0.2) is 0 Å². The Morgan fingerprint density at radius 2 is 1.63 bits per heavy atom. The molecule has 0 radical (unpaired) electrons. The summed E-state index contributed by atoms with van der Waals surface area (Å²) in [6.45, 7) is 0.107. The molecule has 0 fully saturated rings. The zero-order chi connectivity index (χ0) is 24.6. The van der Waals surface area contributed by atoms with Crippen molar-refractivity contribution in [2.45, 2.75) is 57.1 Å². The third-order valence-corrected chi connectivity index (χ3v) is 6.71. The molecule has 184 valence electrons.